The summed E-state index contributed by atoms with van der Waals surface area (Å²) in [5, 5.41) is 2.81. The van der Waals surface area contributed by atoms with Gasteiger partial charge in [-0.05, 0) is 44.6 Å². The van der Waals surface area contributed by atoms with E-state index in [0.29, 0.717) is 18.0 Å². The molecule has 0 bridgehead atoms. The van der Waals surface area contributed by atoms with Gasteiger partial charge in [0.25, 0.3) is 0 Å². The van der Waals surface area contributed by atoms with E-state index in [-0.39, 0.29) is 24.9 Å². The van der Waals surface area contributed by atoms with E-state index in [2.05, 4.69) is 5.32 Å². The molecule has 0 saturated carbocycles. The number of sulfonamides is 1. The van der Waals surface area contributed by atoms with Crippen LogP contribution in [0, 0.1) is 0 Å². The van der Waals surface area contributed by atoms with Gasteiger partial charge in [0.1, 0.15) is 0 Å². The Kier molecular flexibility index (Phi) is 7.57. The smallest absolute Gasteiger partial charge is 0.243 e. The van der Waals surface area contributed by atoms with Gasteiger partial charge in [-0.1, -0.05) is 18.6 Å². The highest BCUT2D eigenvalue weighted by Gasteiger charge is 2.33. The minimum absolute atomic E-state index is 0.136. The van der Waals surface area contributed by atoms with E-state index in [1.807, 2.05) is 31.1 Å². The Balaban J connectivity index is 2.12. The van der Waals surface area contributed by atoms with Crippen LogP contribution >= 0.6 is 0 Å². The maximum absolute atomic E-state index is 13.1. The van der Waals surface area contributed by atoms with Crippen molar-refractivity contribution in [2.45, 2.75) is 43.2 Å². The van der Waals surface area contributed by atoms with E-state index in [1.54, 1.807) is 16.4 Å². The first-order chi connectivity index (χ1) is 12.3. The second kappa shape index (κ2) is 9.45. The number of nitrogens with two attached hydrogens (primary N) is 1. The lowest BCUT2D eigenvalue weighted by Gasteiger charge is -2.34. The van der Waals surface area contributed by atoms with Crippen LogP contribution in [0.15, 0.2) is 29.2 Å². The van der Waals surface area contributed by atoms with E-state index in [4.69, 9.17) is 5.73 Å². The molecule has 1 unspecified atom stereocenters. The SMILES string of the molecule is CN(C)Cc1ccc(S(=O)(=O)N2CCCCC2CNC(=O)CCN)cc1. The lowest BCUT2D eigenvalue weighted by Crippen LogP contribution is -2.49. The third-order valence-corrected chi connectivity index (χ3v) is 6.47. The Hall–Kier alpha value is -1.48. The summed E-state index contributed by atoms with van der Waals surface area (Å²) in [6, 6.07) is 6.85. The number of piperidine rings is 1. The fraction of sp³-hybridized carbons (Fsp3) is 0.611. The van der Waals surface area contributed by atoms with Crippen LogP contribution in [0.2, 0.25) is 0 Å². The molecule has 1 aromatic carbocycles. The molecular weight excluding hydrogens is 352 g/mol. The van der Waals surface area contributed by atoms with Crippen molar-refractivity contribution in [1.29, 1.82) is 0 Å². The molecule has 0 aromatic heterocycles. The molecule has 146 valence electrons. The third-order valence-electron chi connectivity index (χ3n) is 4.51. The Morgan fingerprint density at radius 2 is 1.96 bits per heavy atom. The molecule has 1 atom stereocenters. The van der Waals surface area contributed by atoms with Gasteiger partial charge >= 0.3 is 0 Å². The summed E-state index contributed by atoms with van der Waals surface area (Å²) in [6.45, 7) is 1.87. The van der Waals surface area contributed by atoms with Crippen molar-refractivity contribution in [3.8, 4) is 0 Å². The average molecular weight is 383 g/mol. The minimum Gasteiger partial charge on any atom is -0.354 e. The van der Waals surface area contributed by atoms with Gasteiger partial charge in [-0.3, -0.25) is 4.79 Å². The monoisotopic (exact) mass is 382 g/mol. The fourth-order valence-electron chi connectivity index (χ4n) is 3.21. The second-order valence-corrected chi connectivity index (χ2v) is 8.88. The van der Waals surface area contributed by atoms with Crippen molar-refractivity contribution in [3.05, 3.63) is 29.8 Å². The quantitative estimate of drug-likeness (QED) is 0.692. The summed E-state index contributed by atoms with van der Waals surface area (Å²) >= 11 is 0. The zero-order valence-corrected chi connectivity index (χ0v) is 16.5. The summed E-state index contributed by atoms with van der Waals surface area (Å²) in [7, 11) is 0.375. The summed E-state index contributed by atoms with van der Waals surface area (Å²) < 4.78 is 27.7. The van der Waals surface area contributed by atoms with Gasteiger partial charge in [0.2, 0.25) is 15.9 Å². The zero-order chi connectivity index (χ0) is 19.2. The average Bonchev–Trinajstić information content (AvgIpc) is 2.60. The highest BCUT2D eigenvalue weighted by atomic mass is 32.2. The van der Waals surface area contributed by atoms with Crippen LogP contribution in [0.3, 0.4) is 0 Å². The lowest BCUT2D eigenvalue weighted by molar-refractivity contribution is -0.121. The topological polar surface area (TPSA) is 95.7 Å². The van der Waals surface area contributed by atoms with Crippen LogP contribution in [-0.4, -0.2) is 63.3 Å². The molecule has 1 saturated heterocycles. The van der Waals surface area contributed by atoms with Crippen molar-refractivity contribution >= 4 is 15.9 Å². The van der Waals surface area contributed by atoms with E-state index in [0.717, 1.165) is 31.4 Å². The Bertz CT molecular complexity index is 689. The molecule has 1 aliphatic heterocycles. The molecule has 1 aromatic rings. The predicted octanol–water partition coefficient (Wildman–Crippen LogP) is 0.756. The van der Waals surface area contributed by atoms with Crippen molar-refractivity contribution < 1.29 is 13.2 Å². The fourth-order valence-corrected chi connectivity index (χ4v) is 4.91. The zero-order valence-electron chi connectivity index (χ0n) is 15.6. The molecule has 0 spiro atoms. The molecule has 1 amide bonds. The maximum Gasteiger partial charge on any atom is 0.243 e. The van der Waals surface area contributed by atoms with Crippen molar-refractivity contribution in [2.24, 2.45) is 5.73 Å². The summed E-state index contributed by atoms with van der Waals surface area (Å²) in [5.41, 5.74) is 6.45. The van der Waals surface area contributed by atoms with Crippen LogP contribution in [0.1, 0.15) is 31.2 Å². The van der Waals surface area contributed by atoms with E-state index in [9.17, 15) is 13.2 Å². The Labute approximate surface area is 156 Å². The van der Waals surface area contributed by atoms with Crippen LogP contribution in [-0.2, 0) is 21.4 Å². The number of benzene rings is 1. The van der Waals surface area contributed by atoms with Crippen molar-refractivity contribution in [1.82, 2.24) is 14.5 Å². The molecule has 0 aliphatic carbocycles. The van der Waals surface area contributed by atoms with Gasteiger partial charge in [0.15, 0.2) is 0 Å². The number of carbonyl (C=O) groups excluding carboxylic acids is 1. The number of carbonyl (C=O) groups is 1. The third kappa shape index (κ3) is 5.51. The standard InChI is InChI=1S/C18H30N4O3S/c1-21(2)14-15-6-8-17(9-7-15)26(24,25)22-12-4-3-5-16(22)13-20-18(23)10-11-19/h6-9,16H,3-5,10-14,19H2,1-2H3,(H,20,23). The molecule has 2 rings (SSSR count). The normalized spacial score (nSPS) is 18.8. The van der Waals surface area contributed by atoms with E-state index < -0.39 is 10.0 Å². The second-order valence-electron chi connectivity index (χ2n) is 6.99. The minimum atomic E-state index is -3.57. The molecule has 3 N–H and O–H groups in total. The van der Waals surface area contributed by atoms with Crippen LogP contribution in [0.25, 0.3) is 0 Å². The molecule has 7 nitrogen and oxygen atoms in total. The largest absolute Gasteiger partial charge is 0.354 e. The molecule has 1 fully saturated rings. The van der Waals surface area contributed by atoms with Gasteiger partial charge in [0, 0.05) is 38.6 Å². The first-order valence-electron chi connectivity index (χ1n) is 9.07. The Morgan fingerprint density at radius 3 is 2.58 bits per heavy atom. The highest BCUT2D eigenvalue weighted by molar-refractivity contribution is 7.89. The van der Waals surface area contributed by atoms with Gasteiger partial charge in [0.05, 0.1) is 4.90 Å². The van der Waals surface area contributed by atoms with E-state index in [1.165, 1.54) is 0 Å². The Morgan fingerprint density at radius 1 is 1.27 bits per heavy atom. The van der Waals surface area contributed by atoms with Crippen LogP contribution < -0.4 is 11.1 Å². The predicted molar refractivity (Wildman–Crippen MR) is 102 cm³/mol. The number of amides is 1. The molecule has 1 heterocycles. The number of hydrogen-bond acceptors (Lipinski definition) is 5. The molecule has 26 heavy (non-hydrogen) atoms. The summed E-state index contributed by atoms with van der Waals surface area (Å²) in [5.74, 6) is -0.136. The number of nitrogens with zero attached hydrogens (tertiary/aromatic N) is 2. The van der Waals surface area contributed by atoms with Gasteiger partial charge in [-0.15, -0.1) is 0 Å². The van der Waals surface area contributed by atoms with Crippen molar-refractivity contribution in [3.63, 3.8) is 0 Å². The number of hydrogen-bond donors (Lipinski definition) is 2. The van der Waals surface area contributed by atoms with Gasteiger partial charge in [-0.25, -0.2) is 8.42 Å². The maximum atomic E-state index is 13.1. The first-order valence-corrected chi connectivity index (χ1v) is 10.5. The molecular formula is C18H30N4O3S. The lowest BCUT2D eigenvalue weighted by atomic mass is 10.1. The van der Waals surface area contributed by atoms with Crippen LogP contribution in [0.4, 0.5) is 0 Å². The van der Waals surface area contributed by atoms with E-state index >= 15 is 0 Å². The summed E-state index contributed by atoms with van der Waals surface area (Å²) in [6.07, 6.45) is 2.81. The highest BCUT2D eigenvalue weighted by Crippen LogP contribution is 2.25. The van der Waals surface area contributed by atoms with Crippen LogP contribution in [0.5, 0.6) is 0 Å². The van der Waals surface area contributed by atoms with Gasteiger partial charge in [-0.2, -0.15) is 4.31 Å². The molecule has 1 aliphatic rings. The van der Waals surface area contributed by atoms with Crippen molar-refractivity contribution in [2.75, 3.05) is 33.7 Å². The van der Waals surface area contributed by atoms with Gasteiger partial charge < -0.3 is 16.0 Å². The molecule has 0 radical (unpaired) electrons. The first kappa shape index (κ1) is 20.8. The molecule has 8 heteroatoms. The summed E-state index contributed by atoms with van der Waals surface area (Å²) in [4.78, 5) is 14.0. The number of nitrogens with one attached hydrogen (secondary N) is 1. The number of rotatable bonds is 8.